The van der Waals surface area contributed by atoms with E-state index < -0.39 is 5.60 Å². The van der Waals surface area contributed by atoms with Crippen molar-refractivity contribution >= 4 is 5.91 Å². The second-order valence-electron chi connectivity index (χ2n) is 6.62. The molecule has 0 saturated heterocycles. The molecule has 1 saturated carbocycles. The molecule has 2 rings (SSSR count). The van der Waals surface area contributed by atoms with Crippen LogP contribution in [0.25, 0.3) is 0 Å². The molecule has 0 unspecified atom stereocenters. The third-order valence-corrected chi connectivity index (χ3v) is 4.58. The fraction of sp³-hybridized carbons (Fsp3) is 0.611. The van der Waals surface area contributed by atoms with E-state index in [0.29, 0.717) is 6.54 Å². The Morgan fingerprint density at radius 2 is 1.82 bits per heavy atom. The molecule has 22 heavy (non-hydrogen) atoms. The highest BCUT2D eigenvalue weighted by Gasteiger charge is 2.34. The molecule has 0 spiro atoms. The summed E-state index contributed by atoms with van der Waals surface area (Å²) in [6, 6.07) is 4.11. The van der Waals surface area contributed by atoms with Crippen LogP contribution in [0.3, 0.4) is 0 Å². The number of nitrogens with zero attached hydrogens (tertiary/aromatic N) is 1. The fourth-order valence-electron chi connectivity index (χ4n) is 3.44. The molecule has 4 heteroatoms. The van der Waals surface area contributed by atoms with Crippen LogP contribution in [-0.2, 0) is 11.3 Å². The molecule has 1 aliphatic carbocycles. The number of rotatable bonds is 5. The van der Waals surface area contributed by atoms with Crippen LogP contribution in [-0.4, -0.2) is 35.7 Å². The highest BCUT2D eigenvalue weighted by Crippen LogP contribution is 2.33. The van der Waals surface area contributed by atoms with E-state index >= 15 is 0 Å². The van der Waals surface area contributed by atoms with Crippen molar-refractivity contribution in [3.05, 3.63) is 28.8 Å². The first-order valence-corrected chi connectivity index (χ1v) is 7.95. The van der Waals surface area contributed by atoms with E-state index in [1.165, 1.54) is 0 Å². The van der Waals surface area contributed by atoms with Crippen LogP contribution in [0.15, 0.2) is 12.1 Å². The molecule has 1 N–H and O–H groups in total. The molecule has 1 amide bonds. The summed E-state index contributed by atoms with van der Waals surface area (Å²) >= 11 is 0. The fourth-order valence-corrected chi connectivity index (χ4v) is 3.44. The van der Waals surface area contributed by atoms with E-state index in [1.807, 2.05) is 13.8 Å². The summed E-state index contributed by atoms with van der Waals surface area (Å²) in [6.45, 7) is 4.58. The largest absolute Gasteiger partial charge is 0.496 e. The zero-order valence-electron chi connectivity index (χ0n) is 14.1. The van der Waals surface area contributed by atoms with Crippen molar-refractivity contribution in [2.45, 2.75) is 58.1 Å². The number of carbonyl (C=O) groups excluding carboxylic acids is 1. The predicted molar refractivity (Wildman–Crippen MR) is 87.0 cm³/mol. The molecule has 4 nitrogen and oxygen atoms in total. The van der Waals surface area contributed by atoms with Crippen molar-refractivity contribution in [2.75, 3.05) is 14.2 Å². The number of amides is 1. The Morgan fingerprint density at radius 3 is 2.32 bits per heavy atom. The van der Waals surface area contributed by atoms with Crippen molar-refractivity contribution in [2.24, 2.45) is 0 Å². The van der Waals surface area contributed by atoms with Crippen LogP contribution in [0.4, 0.5) is 0 Å². The number of hydrogen-bond acceptors (Lipinski definition) is 3. The van der Waals surface area contributed by atoms with Crippen LogP contribution in [0.5, 0.6) is 5.75 Å². The molecular weight excluding hydrogens is 278 g/mol. The van der Waals surface area contributed by atoms with Gasteiger partial charge in [0, 0.05) is 13.6 Å². The average Bonchev–Trinajstić information content (AvgIpc) is 2.84. The summed E-state index contributed by atoms with van der Waals surface area (Å²) < 4.78 is 5.37. The third kappa shape index (κ3) is 3.80. The summed E-state index contributed by atoms with van der Waals surface area (Å²) in [4.78, 5) is 14.0. The summed E-state index contributed by atoms with van der Waals surface area (Å²) in [7, 11) is 3.47. The summed E-state index contributed by atoms with van der Waals surface area (Å²) in [6.07, 6.45) is 3.76. The van der Waals surface area contributed by atoms with E-state index in [1.54, 1.807) is 19.1 Å². The lowest BCUT2D eigenvalue weighted by Crippen LogP contribution is -2.35. The van der Waals surface area contributed by atoms with Crippen molar-refractivity contribution in [1.82, 2.24) is 4.90 Å². The van der Waals surface area contributed by atoms with E-state index in [4.69, 9.17) is 4.74 Å². The molecule has 0 aliphatic heterocycles. The van der Waals surface area contributed by atoms with Crippen LogP contribution >= 0.6 is 0 Å². The monoisotopic (exact) mass is 305 g/mol. The van der Waals surface area contributed by atoms with Gasteiger partial charge in [-0.25, -0.2) is 0 Å². The second kappa shape index (κ2) is 6.69. The Bertz CT molecular complexity index is 524. The molecule has 0 atom stereocenters. The zero-order chi connectivity index (χ0) is 16.3. The Balaban J connectivity index is 2.02. The van der Waals surface area contributed by atoms with Gasteiger partial charge in [-0.15, -0.1) is 0 Å². The topological polar surface area (TPSA) is 49.8 Å². The van der Waals surface area contributed by atoms with Gasteiger partial charge in [0.2, 0.25) is 5.91 Å². The first-order valence-electron chi connectivity index (χ1n) is 7.95. The van der Waals surface area contributed by atoms with Crippen LogP contribution < -0.4 is 4.74 Å². The van der Waals surface area contributed by atoms with Crippen LogP contribution in [0.1, 0.15) is 48.8 Å². The predicted octanol–water partition coefficient (Wildman–Crippen LogP) is 2.97. The minimum atomic E-state index is -0.781. The first kappa shape index (κ1) is 16.8. The van der Waals surface area contributed by atoms with Gasteiger partial charge in [0.25, 0.3) is 0 Å². The molecular formula is C18H27NO3. The van der Waals surface area contributed by atoms with Gasteiger partial charge in [0.15, 0.2) is 0 Å². The number of hydrogen-bond donors (Lipinski definition) is 1. The Kier molecular flexibility index (Phi) is 5.12. The van der Waals surface area contributed by atoms with Gasteiger partial charge < -0.3 is 14.7 Å². The Hall–Kier alpha value is -1.55. The normalized spacial score (nSPS) is 16.6. The summed E-state index contributed by atoms with van der Waals surface area (Å²) in [5.41, 5.74) is 2.46. The van der Waals surface area contributed by atoms with Gasteiger partial charge in [-0.05, 0) is 43.4 Å². The molecule has 0 bridgehead atoms. The standard InChI is InChI=1S/C18H27NO3/c1-13-9-15(10-14(2)17(13)22-4)12-19(3)16(20)11-18(21)7-5-6-8-18/h9-10,21H,5-8,11-12H2,1-4H3. The summed E-state index contributed by atoms with van der Waals surface area (Å²) in [5.74, 6) is 0.911. The molecule has 1 fully saturated rings. The third-order valence-electron chi connectivity index (χ3n) is 4.58. The van der Waals surface area contributed by atoms with Crippen molar-refractivity contribution < 1.29 is 14.6 Å². The minimum absolute atomic E-state index is 0.00974. The SMILES string of the molecule is COc1c(C)cc(CN(C)C(=O)CC2(O)CCCC2)cc1C. The number of aliphatic hydroxyl groups is 1. The van der Waals surface area contributed by atoms with Crippen LogP contribution in [0.2, 0.25) is 0 Å². The van der Waals surface area contributed by atoms with Gasteiger partial charge >= 0.3 is 0 Å². The van der Waals surface area contributed by atoms with Gasteiger partial charge in [-0.2, -0.15) is 0 Å². The maximum Gasteiger partial charge on any atom is 0.225 e. The lowest BCUT2D eigenvalue weighted by Gasteiger charge is -2.25. The maximum atomic E-state index is 12.3. The van der Waals surface area contributed by atoms with Gasteiger partial charge in [-0.3, -0.25) is 4.79 Å². The highest BCUT2D eigenvalue weighted by molar-refractivity contribution is 5.77. The van der Waals surface area contributed by atoms with Gasteiger partial charge in [0.1, 0.15) is 5.75 Å². The molecule has 122 valence electrons. The van der Waals surface area contributed by atoms with Crippen molar-refractivity contribution in [3.63, 3.8) is 0 Å². The van der Waals surface area contributed by atoms with Gasteiger partial charge in [-0.1, -0.05) is 25.0 Å². The minimum Gasteiger partial charge on any atom is -0.496 e. The number of benzene rings is 1. The lowest BCUT2D eigenvalue weighted by molar-refractivity contribution is -0.135. The number of ether oxygens (including phenoxy) is 1. The first-order chi connectivity index (χ1) is 10.3. The Morgan fingerprint density at radius 1 is 1.27 bits per heavy atom. The smallest absolute Gasteiger partial charge is 0.225 e. The van der Waals surface area contributed by atoms with E-state index in [0.717, 1.165) is 48.1 Å². The van der Waals surface area contributed by atoms with Crippen molar-refractivity contribution in [1.29, 1.82) is 0 Å². The van der Waals surface area contributed by atoms with E-state index in [2.05, 4.69) is 12.1 Å². The van der Waals surface area contributed by atoms with E-state index in [-0.39, 0.29) is 12.3 Å². The van der Waals surface area contributed by atoms with Gasteiger partial charge in [0.05, 0.1) is 19.1 Å². The molecule has 1 aromatic rings. The van der Waals surface area contributed by atoms with E-state index in [9.17, 15) is 9.90 Å². The molecule has 1 aliphatic rings. The average molecular weight is 305 g/mol. The lowest BCUT2D eigenvalue weighted by atomic mass is 9.97. The molecule has 0 aromatic heterocycles. The molecule has 1 aromatic carbocycles. The van der Waals surface area contributed by atoms with Crippen molar-refractivity contribution in [3.8, 4) is 5.75 Å². The summed E-state index contributed by atoms with van der Waals surface area (Å²) in [5, 5.41) is 10.4. The van der Waals surface area contributed by atoms with Crippen LogP contribution in [0, 0.1) is 13.8 Å². The number of methoxy groups -OCH3 is 1. The number of aryl methyl sites for hydroxylation is 2. The molecule has 0 heterocycles. The number of carbonyl (C=O) groups is 1. The second-order valence-corrected chi connectivity index (χ2v) is 6.62. The quantitative estimate of drug-likeness (QED) is 0.910. The zero-order valence-corrected chi connectivity index (χ0v) is 14.1. The highest BCUT2D eigenvalue weighted by atomic mass is 16.5. The molecule has 0 radical (unpaired) electrons. The maximum absolute atomic E-state index is 12.3. The Labute approximate surface area is 133 Å².